The molecule has 1 aliphatic rings. The summed E-state index contributed by atoms with van der Waals surface area (Å²) in [6.45, 7) is -2.82. The van der Waals surface area contributed by atoms with E-state index in [9.17, 15) is 26.8 Å². The number of hydrogen-bond donors (Lipinski definition) is 0. The van der Waals surface area contributed by atoms with Crippen LogP contribution in [0.15, 0.2) is 53.4 Å². The molecular formula is C21H21F2NO6S. The van der Waals surface area contributed by atoms with Gasteiger partial charge in [-0.15, -0.1) is 0 Å². The molecule has 0 spiro atoms. The molecule has 1 heterocycles. The molecule has 0 bridgehead atoms. The molecule has 0 unspecified atom stereocenters. The molecule has 0 atom stereocenters. The third-order valence-electron chi connectivity index (χ3n) is 4.79. The Balaban J connectivity index is 1.63. The highest BCUT2D eigenvalue weighted by molar-refractivity contribution is 7.89. The fourth-order valence-electron chi connectivity index (χ4n) is 3.19. The lowest BCUT2D eigenvalue weighted by molar-refractivity contribution is -0.0504. The zero-order chi connectivity index (χ0) is 22.4. The van der Waals surface area contributed by atoms with Gasteiger partial charge in [-0.25, -0.2) is 13.2 Å². The number of hydrogen-bond acceptors (Lipinski definition) is 6. The van der Waals surface area contributed by atoms with E-state index in [2.05, 4.69) is 4.74 Å². The maximum absolute atomic E-state index is 12.7. The fourth-order valence-corrected chi connectivity index (χ4v) is 4.71. The number of alkyl halides is 2. The predicted octanol–water partition coefficient (Wildman–Crippen LogP) is 3.50. The normalized spacial score (nSPS) is 14.9. The third-order valence-corrected chi connectivity index (χ3v) is 6.70. The minimum atomic E-state index is -3.62. The lowest BCUT2D eigenvalue weighted by Crippen LogP contribution is -2.35. The van der Waals surface area contributed by atoms with Crippen LogP contribution in [0.4, 0.5) is 8.78 Å². The summed E-state index contributed by atoms with van der Waals surface area (Å²) in [6, 6.07) is 10.7. The molecule has 0 aliphatic carbocycles. The lowest BCUT2D eigenvalue weighted by atomic mass is 10.1. The van der Waals surface area contributed by atoms with Crippen molar-refractivity contribution in [2.75, 3.05) is 19.7 Å². The van der Waals surface area contributed by atoms with Gasteiger partial charge in [0.15, 0.2) is 12.4 Å². The number of para-hydroxylation sites is 1. The summed E-state index contributed by atoms with van der Waals surface area (Å²) < 4.78 is 60.8. The van der Waals surface area contributed by atoms with Crippen molar-refractivity contribution in [2.24, 2.45) is 0 Å². The lowest BCUT2D eigenvalue weighted by Gasteiger charge is -2.25. The second-order valence-corrected chi connectivity index (χ2v) is 8.80. The maximum Gasteiger partial charge on any atom is 0.387 e. The Bertz CT molecular complexity index is 1030. The number of halogens is 2. The first kappa shape index (κ1) is 22.8. The summed E-state index contributed by atoms with van der Waals surface area (Å²) in [4.78, 5) is 24.6. The van der Waals surface area contributed by atoms with Gasteiger partial charge in [-0.2, -0.15) is 13.1 Å². The SMILES string of the molecule is O=C(COC(=O)c1ccccc1OC(F)F)c1ccc(S(=O)(=O)N2CCCCC2)cc1. The molecule has 7 nitrogen and oxygen atoms in total. The molecule has 0 amide bonds. The van der Waals surface area contributed by atoms with Crippen LogP contribution < -0.4 is 4.74 Å². The highest BCUT2D eigenvalue weighted by Gasteiger charge is 2.26. The molecule has 1 fully saturated rings. The summed E-state index contributed by atoms with van der Waals surface area (Å²) in [6.07, 6.45) is 2.62. The van der Waals surface area contributed by atoms with Crippen LogP contribution in [-0.4, -0.2) is 50.8 Å². The van der Waals surface area contributed by atoms with Gasteiger partial charge in [-0.3, -0.25) is 4.79 Å². The van der Waals surface area contributed by atoms with Crippen LogP contribution in [0.1, 0.15) is 40.0 Å². The quantitative estimate of drug-likeness (QED) is 0.449. The van der Waals surface area contributed by atoms with Crippen molar-refractivity contribution >= 4 is 21.8 Å². The standard InChI is InChI=1S/C21H21F2NO6S/c22-21(23)30-19-7-3-2-6-17(19)20(26)29-14-18(25)15-8-10-16(11-9-15)31(27,28)24-12-4-1-5-13-24/h2-3,6-11,21H,1,4-5,12-14H2. The number of nitrogens with zero attached hydrogens (tertiary/aromatic N) is 1. The highest BCUT2D eigenvalue weighted by atomic mass is 32.2. The summed E-state index contributed by atoms with van der Waals surface area (Å²) in [7, 11) is -3.62. The Morgan fingerprint density at radius 2 is 1.61 bits per heavy atom. The minimum Gasteiger partial charge on any atom is -0.454 e. The second-order valence-electron chi connectivity index (χ2n) is 6.86. The Morgan fingerprint density at radius 3 is 2.26 bits per heavy atom. The van der Waals surface area contributed by atoms with E-state index in [4.69, 9.17) is 4.74 Å². The van der Waals surface area contributed by atoms with Crippen LogP contribution in [0.3, 0.4) is 0 Å². The van der Waals surface area contributed by atoms with Crippen LogP contribution in [0.2, 0.25) is 0 Å². The number of carbonyl (C=O) groups excluding carboxylic acids is 2. The van der Waals surface area contributed by atoms with Crippen molar-refractivity contribution in [1.29, 1.82) is 0 Å². The van der Waals surface area contributed by atoms with Crippen molar-refractivity contribution < 1.29 is 36.3 Å². The van der Waals surface area contributed by atoms with E-state index in [1.807, 2.05) is 0 Å². The number of ether oxygens (including phenoxy) is 2. The fraction of sp³-hybridized carbons (Fsp3) is 0.333. The number of rotatable bonds is 8. The molecule has 2 aromatic carbocycles. The average molecular weight is 453 g/mol. The highest BCUT2D eigenvalue weighted by Crippen LogP contribution is 2.22. The number of ketones is 1. The molecule has 0 N–H and O–H groups in total. The van der Waals surface area contributed by atoms with Gasteiger partial charge in [0, 0.05) is 18.7 Å². The molecule has 0 aromatic heterocycles. The van der Waals surface area contributed by atoms with E-state index in [0.717, 1.165) is 19.3 Å². The van der Waals surface area contributed by atoms with E-state index in [0.29, 0.717) is 13.1 Å². The van der Waals surface area contributed by atoms with Gasteiger partial charge in [0.1, 0.15) is 11.3 Å². The van der Waals surface area contributed by atoms with E-state index >= 15 is 0 Å². The van der Waals surface area contributed by atoms with Gasteiger partial charge in [-0.1, -0.05) is 18.6 Å². The summed E-state index contributed by atoms with van der Waals surface area (Å²) >= 11 is 0. The topological polar surface area (TPSA) is 90.0 Å². The Hall–Kier alpha value is -2.85. The van der Waals surface area contributed by atoms with Gasteiger partial charge in [-0.05, 0) is 49.2 Å². The summed E-state index contributed by atoms with van der Waals surface area (Å²) in [5.74, 6) is -1.92. The predicted molar refractivity (Wildman–Crippen MR) is 107 cm³/mol. The first-order valence-electron chi connectivity index (χ1n) is 9.63. The first-order chi connectivity index (χ1) is 14.8. The van der Waals surface area contributed by atoms with Crippen LogP contribution in [0, 0.1) is 0 Å². The molecule has 0 radical (unpaired) electrons. The van der Waals surface area contributed by atoms with E-state index < -0.39 is 35.0 Å². The minimum absolute atomic E-state index is 0.0843. The van der Waals surface area contributed by atoms with Gasteiger partial charge in [0.05, 0.1) is 4.90 Å². The second kappa shape index (κ2) is 9.97. The Morgan fingerprint density at radius 1 is 0.968 bits per heavy atom. The zero-order valence-electron chi connectivity index (χ0n) is 16.5. The van der Waals surface area contributed by atoms with Gasteiger partial charge in [0.25, 0.3) is 0 Å². The zero-order valence-corrected chi connectivity index (χ0v) is 17.3. The number of sulfonamides is 1. The van der Waals surface area contributed by atoms with Crippen molar-refractivity contribution in [3.8, 4) is 5.75 Å². The van der Waals surface area contributed by atoms with Gasteiger partial charge in [0.2, 0.25) is 10.0 Å². The molecule has 10 heteroatoms. The molecule has 3 rings (SSSR count). The van der Waals surface area contributed by atoms with Crippen LogP contribution in [-0.2, 0) is 14.8 Å². The maximum atomic E-state index is 12.7. The number of piperidine rings is 1. The molecule has 2 aromatic rings. The largest absolute Gasteiger partial charge is 0.454 e. The summed E-state index contributed by atoms with van der Waals surface area (Å²) in [5.41, 5.74) is -0.0823. The Kier molecular flexibility index (Phi) is 7.34. The number of esters is 1. The monoisotopic (exact) mass is 453 g/mol. The van der Waals surface area contributed by atoms with Crippen LogP contribution in [0.25, 0.3) is 0 Å². The molecule has 31 heavy (non-hydrogen) atoms. The molecule has 0 saturated carbocycles. The summed E-state index contributed by atoms with van der Waals surface area (Å²) in [5, 5.41) is 0. The van der Waals surface area contributed by atoms with E-state index in [-0.39, 0.29) is 21.8 Å². The number of Topliss-reactive ketones (excluding diaryl/α,β-unsaturated/α-hetero) is 1. The van der Waals surface area contributed by atoms with Crippen molar-refractivity contribution in [3.05, 3.63) is 59.7 Å². The number of benzene rings is 2. The molecule has 166 valence electrons. The Labute approximate surface area is 178 Å². The third kappa shape index (κ3) is 5.65. The van der Waals surface area contributed by atoms with E-state index in [1.54, 1.807) is 0 Å². The first-order valence-corrected chi connectivity index (χ1v) is 11.1. The smallest absolute Gasteiger partial charge is 0.387 e. The van der Waals surface area contributed by atoms with Gasteiger partial charge >= 0.3 is 12.6 Å². The van der Waals surface area contributed by atoms with Crippen molar-refractivity contribution in [3.63, 3.8) is 0 Å². The van der Waals surface area contributed by atoms with E-state index in [1.165, 1.54) is 52.8 Å². The van der Waals surface area contributed by atoms with Crippen LogP contribution in [0.5, 0.6) is 5.75 Å². The van der Waals surface area contributed by atoms with Crippen molar-refractivity contribution in [2.45, 2.75) is 30.8 Å². The van der Waals surface area contributed by atoms with Crippen LogP contribution >= 0.6 is 0 Å². The average Bonchev–Trinajstić information content (AvgIpc) is 2.78. The van der Waals surface area contributed by atoms with Crippen molar-refractivity contribution in [1.82, 2.24) is 4.31 Å². The number of carbonyl (C=O) groups is 2. The molecule has 1 saturated heterocycles. The molecule has 1 aliphatic heterocycles. The molecular weight excluding hydrogens is 432 g/mol. The van der Waals surface area contributed by atoms with Gasteiger partial charge < -0.3 is 9.47 Å².